The van der Waals surface area contributed by atoms with Crippen molar-refractivity contribution >= 4 is 5.82 Å². The summed E-state index contributed by atoms with van der Waals surface area (Å²) < 4.78 is 0. The van der Waals surface area contributed by atoms with Crippen molar-refractivity contribution < 1.29 is 0 Å². The Morgan fingerprint density at radius 3 is 2.50 bits per heavy atom. The standard InChI is InChI=1S/C10H18N4/c1-7-12-8(6-11)5-9(13-7)14-10(2,3)4/h5H,6,11H2,1-4H3,(H,12,13,14). The van der Waals surface area contributed by atoms with Gasteiger partial charge in [0.2, 0.25) is 0 Å². The van der Waals surface area contributed by atoms with Gasteiger partial charge in [-0.25, -0.2) is 9.97 Å². The van der Waals surface area contributed by atoms with Crippen LogP contribution in [-0.2, 0) is 6.54 Å². The molecule has 0 spiro atoms. The second kappa shape index (κ2) is 3.92. The lowest BCUT2D eigenvalue weighted by molar-refractivity contribution is 0.629. The second-order valence-corrected chi connectivity index (χ2v) is 4.37. The molecule has 0 saturated carbocycles. The van der Waals surface area contributed by atoms with Crippen LogP contribution in [0, 0.1) is 6.92 Å². The van der Waals surface area contributed by atoms with E-state index in [0.29, 0.717) is 6.54 Å². The number of anilines is 1. The van der Waals surface area contributed by atoms with Gasteiger partial charge < -0.3 is 11.1 Å². The largest absolute Gasteiger partial charge is 0.365 e. The van der Waals surface area contributed by atoms with E-state index in [9.17, 15) is 0 Å². The summed E-state index contributed by atoms with van der Waals surface area (Å²) in [6.07, 6.45) is 0. The fourth-order valence-corrected chi connectivity index (χ4v) is 1.18. The van der Waals surface area contributed by atoms with Gasteiger partial charge in [0.05, 0.1) is 5.69 Å². The molecule has 0 fully saturated rings. The van der Waals surface area contributed by atoms with Crippen LogP contribution in [0.2, 0.25) is 0 Å². The van der Waals surface area contributed by atoms with Crippen LogP contribution in [-0.4, -0.2) is 15.5 Å². The summed E-state index contributed by atoms with van der Waals surface area (Å²) in [4.78, 5) is 8.50. The first-order chi connectivity index (χ1) is 6.40. The first-order valence-electron chi connectivity index (χ1n) is 4.73. The zero-order valence-corrected chi connectivity index (χ0v) is 9.26. The van der Waals surface area contributed by atoms with Crippen LogP contribution in [0.1, 0.15) is 32.3 Å². The van der Waals surface area contributed by atoms with Gasteiger partial charge >= 0.3 is 0 Å². The molecular formula is C10H18N4. The number of nitrogens with one attached hydrogen (secondary N) is 1. The monoisotopic (exact) mass is 194 g/mol. The fraction of sp³-hybridized carbons (Fsp3) is 0.600. The van der Waals surface area contributed by atoms with E-state index in [1.54, 1.807) is 0 Å². The summed E-state index contributed by atoms with van der Waals surface area (Å²) in [6.45, 7) is 8.58. The Hall–Kier alpha value is -1.16. The first kappa shape index (κ1) is 10.9. The molecule has 1 heterocycles. The number of nitrogens with zero attached hydrogens (tertiary/aromatic N) is 2. The smallest absolute Gasteiger partial charge is 0.130 e. The molecule has 0 aliphatic heterocycles. The Morgan fingerprint density at radius 1 is 1.36 bits per heavy atom. The van der Waals surface area contributed by atoms with Gasteiger partial charge in [-0.1, -0.05) is 0 Å². The summed E-state index contributed by atoms with van der Waals surface area (Å²) in [6, 6.07) is 1.89. The van der Waals surface area contributed by atoms with Gasteiger partial charge in [0.15, 0.2) is 0 Å². The van der Waals surface area contributed by atoms with Gasteiger partial charge in [0.25, 0.3) is 0 Å². The molecule has 0 amide bonds. The first-order valence-corrected chi connectivity index (χ1v) is 4.73. The third kappa shape index (κ3) is 3.30. The minimum absolute atomic E-state index is 0.00661. The number of hydrogen-bond donors (Lipinski definition) is 2. The molecule has 1 aromatic rings. The highest BCUT2D eigenvalue weighted by Gasteiger charge is 2.10. The maximum absolute atomic E-state index is 5.53. The van der Waals surface area contributed by atoms with Crippen LogP contribution >= 0.6 is 0 Å². The Balaban J connectivity index is 2.92. The second-order valence-electron chi connectivity index (χ2n) is 4.37. The van der Waals surface area contributed by atoms with E-state index < -0.39 is 0 Å². The third-order valence-corrected chi connectivity index (χ3v) is 1.60. The molecule has 0 saturated heterocycles. The van der Waals surface area contributed by atoms with E-state index in [2.05, 4.69) is 36.1 Å². The van der Waals surface area contributed by atoms with Crippen molar-refractivity contribution in [2.24, 2.45) is 5.73 Å². The van der Waals surface area contributed by atoms with Crippen molar-refractivity contribution in [3.8, 4) is 0 Å². The van der Waals surface area contributed by atoms with E-state index >= 15 is 0 Å². The van der Waals surface area contributed by atoms with Crippen molar-refractivity contribution in [1.29, 1.82) is 0 Å². The average Bonchev–Trinajstić information content (AvgIpc) is 1.99. The minimum Gasteiger partial charge on any atom is -0.365 e. The van der Waals surface area contributed by atoms with E-state index in [4.69, 9.17) is 5.73 Å². The number of rotatable bonds is 2. The molecular weight excluding hydrogens is 176 g/mol. The Morgan fingerprint density at radius 2 is 2.00 bits per heavy atom. The number of nitrogens with two attached hydrogens (primary N) is 1. The molecule has 0 atom stereocenters. The van der Waals surface area contributed by atoms with Crippen LogP contribution < -0.4 is 11.1 Å². The molecule has 4 heteroatoms. The van der Waals surface area contributed by atoms with Crippen LogP contribution in [0.15, 0.2) is 6.07 Å². The third-order valence-electron chi connectivity index (χ3n) is 1.60. The van der Waals surface area contributed by atoms with Crippen LogP contribution in [0.5, 0.6) is 0 Å². The molecule has 3 N–H and O–H groups in total. The zero-order valence-electron chi connectivity index (χ0n) is 9.26. The van der Waals surface area contributed by atoms with Crippen molar-refractivity contribution in [3.63, 3.8) is 0 Å². The summed E-state index contributed by atoms with van der Waals surface area (Å²) in [5.74, 6) is 1.59. The maximum atomic E-state index is 5.53. The van der Waals surface area contributed by atoms with Crippen LogP contribution in [0.4, 0.5) is 5.82 Å². The lowest BCUT2D eigenvalue weighted by atomic mass is 10.1. The minimum atomic E-state index is 0.00661. The van der Waals surface area contributed by atoms with Crippen LogP contribution in [0.25, 0.3) is 0 Å². The number of aryl methyl sites for hydroxylation is 1. The Bertz CT molecular complexity index is 314. The van der Waals surface area contributed by atoms with Crippen molar-refractivity contribution in [3.05, 3.63) is 17.6 Å². The van der Waals surface area contributed by atoms with Crippen molar-refractivity contribution in [2.45, 2.75) is 39.8 Å². The highest BCUT2D eigenvalue weighted by Crippen LogP contribution is 2.12. The highest BCUT2D eigenvalue weighted by atomic mass is 15.1. The van der Waals surface area contributed by atoms with E-state index in [1.807, 2.05) is 13.0 Å². The highest BCUT2D eigenvalue weighted by molar-refractivity contribution is 5.38. The van der Waals surface area contributed by atoms with Gasteiger partial charge in [-0.15, -0.1) is 0 Å². The molecule has 14 heavy (non-hydrogen) atoms. The predicted molar refractivity (Wildman–Crippen MR) is 58.0 cm³/mol. The normalized spacial score (nSPS) is 11.5. The molecule has 0 unspecified atom stereocenters. The van der Waals surface area contributed by atoms with E-state index in [1.165, 1.54) is 0 Å². The summed E-state index contributed by atoms with van der Waals surface area (Å²) in [7, 11) is 0. The topological polar surface area (TPSA) is 63.8 Å². The molecule has 0 aromatic carbocycles. The molecule has 0 radical (unpaired) electrons. The predicted octanol–water partition coefficient (Wildman–Crippen LogP) is 1.45. The average molecular weight is 194 g/mol. The lowest BCUT2D eigenvalue weighted by Crippen LogP contribution is -2.27. The maximum Gasteiger partial charge on any atom is 0.130 e. The van der Waals surface area contributed by atoms with E-state index in [0.717, 1.165) is 17.3 Å². The SMILES string of the molecule is Cc1nc(CN)cc(NC(C)(C)C)n1. The van der Waals surface area contributed by atoms with Crippen molar-refractivity contribution in [2.75, 3.05) is 5.32 Å². The van der Waals surface area contributed by atoms with Gasteiger partial charge in [0.1, 0.15) is 11.6 Å². The van der Waals surface area contributed by atoms with Gasteiger partial charge in [0, 0.05) is 18.2 Å². The molecule has 78 valence electrons. The Labute approximate surface area is 85.0 Å². The van der Waals surface area contributed by atoms with E-state index in [-0.39, 0.29) is 5.54 Å². The summed E-state index contributed by atoms with van der Waals surface area (Å²) >= 11 is 0. The van der Waals surface area contributed by atoms with Gasteiger partial charge in [-0.3, -0.25) is 0 Å². The molecule has 4 nitrogen and oxygen atoms in total. The molecule has 0 bridgehead atoms. The Kier molecular flexibility index (Phi) is 3.06. The van der Waals surface area contributed by atoms with Crippen LogP contribution in [0.3, 0.4) is 0 Å². The summed E-state index contributed by atoms with van der Waals surface area (Å²) in [5, 5.41) is 3.29. The number of hydrogen-bond acceptors (Lipinski definition) is 4. The molecule has 1 rings (SSSR count). The number of aromatic nitrogens is 2. The lowest BCUT2D eigenvalue weighted by Gasteiger charge is -2.21. The quantitative estimate of drug-likeness (QED) is 0.748. The van der Waals surface area contributed by atoms with Gasteiger partial charge in [-0.2, -0.15) is 0 Å². The van der Waals surface area contributed by atoms with Gasteiger partial charge in [-0.05, 0) is 27.7 Å². The molecule has 1 aromatic heterocycles. The van der Waals surface area contributed by atoms with Crippen molar-refractivity contribution in [1.82, 2.24) is 9.97 Å². The summed E-state index contributed by atoms with van der Waals surface area (Å²) in [5.41, 5.74) is 6.40. The molecule has 0 aliphatic carbocycles. The zero-order chi connectivity index (χ0) is 10.8. The fourth-order valence-electron chi connectivity index (χ4n) is 1.18. The molecule has 0 aliphatic rings.